The lowest BCUT2D eigenvalue weighted by Crippen LogP contribution is -2.29. The molecule has 0 aliphatic carbocycles. The summed E-state index contributed by atoms with van der Waals surface area (Å²) in [5.74, 6) is -0.482. The van der Waals surface area contributed by atoms with Crippen molar-refractivity contribution < 1.29 is 22.7 Å². The molecule has 160 valence electrons. The van der Waals surface area contributed by atoms with Crippen molar-refractivity contribution in [1.29, 1.82) is 5.41 Å². The van der Waals surface area contributed by atoms with E-state index in [1.54, 1.807) is 32.9 Å². The molecule has 0 fully saturated rings. The summed E-state index contributed by atoms with van der Waals surface area (Å²) in [4.78, 5) is 18.7. The molecule has 11 heteroatoms. The van der Waals surface area contributed by atoms with Crippen LogP contribution >= 0.6 is 11.6 Å². The second-order valence-electron chi connectivity index (χ2n) is 6.99. The van der Waals surface area contributed by atoms with Gasteiger partial charge in [0.2, 0.25) is 5.28 Å². The van der Waals surface area contributed by atoms with E-state index in [9.17, 15) is 18.0 Å². The Hall–Kier alpha value is -3.14. The first-order chi connectivity index (χ1) is 13.9. The number of alkyl halides is 3. The van der Waals surface area contributed by atoms with Gasteiger partial charge in [-0.05, 0) is 50.1 Å². The SMILES string of the molecule is CC(C)(C)OC(=O)N/C=C(\C=N)c1ccc(Nc2nc(Cl)ncc2C(F)(F)F)cc1. The van der Waals surface area contributed by atoms with Crippen LogP contribution in [-0.2, 0) is 10.9 Å². The maximum atomic E-state index is 13.1. The van der Waals surface area contributed by atoms with Gasteiger partial charge in [0.05, 0.1) is 0 Å². The summed E-state index contributed by atoms with van der Waals surface area (Å²) in [6, 6.07) is 6.12. The molecule has 0 unspecified atom stereocenters. The number of carbonyl (C=O) groups excluding carboxylic acids is 1. The average Bonchev–Trinajstić information content (AvgIpc) is 2.61. The number of hydrogen-bond acceptors (Lipinski definition) is 6. The lowest BCUT2D eigenvalue weighted by Gasteiger charge is -2.19. The largest absolute Gasteiger partial charge is 0.444 e. The fourth-order valence-corrected chi connectivity index (χ4v) is 2.33. The third-order valence-corrected chi connectivity index (χ3v) is 3.63. The summed E-state index contributed by atoms with van der Waals surface area (Å²) in [6.45, 7) is 5.15. The zero-order chi connectivity index (χ0) is 22.5. The van der Waals surface area contributed by atoms with Crippen LogP contribution in [0.5, 0.6) is 0 Å². The van der Waals surface area contributed by atoms with Crippen LogP contribution < -0.4 is 10.6 Å². The van der Waals surface area contributed by atoms with Crippen molar-refractivity contribution in [3.8, 4) is 0 Å². The van der Waals surface area contributed by atoms with E-state index in [1.807, 2.05) is 0 Å². The van der Waals surface area contributed by atoms with Gasteiger partial charge in [0.25, 0.3) is 0 Å². The van der Waals surface area contributed by atoms with E-state index < -0.39 is 29.3 Å². The minimum atomic E-state index is -4.66. The highest BCUT2D eigenvalue weighted by Gasteiger charge is 2.35. The van der Waals surface area contributed by atoms with Crippen LogP contribution in [0.1, 0.15) is 31.9 Å². The fraction of sp³-hybridized carbons (Fsp3) is 0.263. The molecular weight excluding hydrogens is 423 g/mol. The highest BCUT2D eigenvalue weighted by Crippen LogP contribution is 2.35. The van der Waals surface area contributed by atoms with Crippen molar-refractivity contribution in [3.63, 3.8) is 0 Å². The molecule has 0 aliphatic heterocycles. The van der Waals surface area contributed by atoms with Crippen molar-refractivity contribution in [2.24, 2.45) is 0 Å². The summed E-state index contributed by atoms with van der Waals surface area (Å²) in [7, 11) is 0. The van der Waals surface area contributed by atoms with Crippen molar-refractivity contribution in [2.75, 3.05) is 5.32 Å². The first-order valence-electron chi connectivity index (χ1n) is 8.56. The van der Waals surface area contributed by atoms with Crippen molar-refractivity contribution in [3.05, 3.63) is 53.1 Å². The number of allylic oxidation sites excluding steroid dienone is 1. The van der Waals surface area contributed by atoms with Crippen LogP contribution in [0.15, 0.2) is 36.7 Å². The van der Waals surface area contributed by atoms with Gasteiger partial charge in [-0.15, -0.1) is 0 Å². The fourth-order valence-electron chi connectivity index (χ4n) is 2.20. The summed E-state index contributed by atoms with van der Waals surface area (Å²) < 4.78 is 44.4. The molecule has 2 aromatic rings. The number of amides is 1. The Morgan fingerprint density at radius 2 is 1.83 bits per heavy atom. The normalized spacial score (nSPS) is 12.3. The molecule has 0 spiro atoms. The predicted molar refractivity (Wildman–Crippen MR) is 108 cm³/mol. The van der Waals surface area contributed by atoms with E-state index in [4.69, 9.17) is 21.7 Å². The molecule has 3 N–H and O–H groups in total. The Morgan fingerprint density at radius 1 is 1.20 bits per heavy atom. The zero-order valence-electron chi connectivity index (χ0n) is 16.3. The number of carbonyl (C=O) groups is 1. The number of aromatic nitrogens is 2. The molecule has 0 bridgehead atoms. The molecule has 1 aromatic heterocycles. The van der Waals surface area contributed by atoms with Crippen LogP contribution in [-0.4, -0.2) is 27.9 Å². The lowest BCUT2D eigenvalue weighted by atomic mass is 10.1. The number of anilines is 2. The standard InChI is InChI=1S/C19H19ClF3N5O2/c1-18(2,3)30-17(29)26-9-12(8-24)11-4-6-13(7-5-11)27-15-14(19(21,22)23)10-25-16(20)28-15/h4-10,24H,1-3H3,(H,26,29)(H,25,27,28)/b12-9+,24-8?. The number of alkyl carbamates (subject to hydrolysis) is 1. The number of hydrogen-bond donors (Lipinski definition) is 3. The topological polar surface area (TPSA) is 100.0 Å². The minimum absolute atomic E-state index is 0.309. The summed E-state index contributed by atoms with van der Waals surface area (Å²) in [5.41, 5.74) is -0.521. The second-order valence-corrected chi connectivity index (χ2v) is 7.33. The van der Waals surface area contributed by atoms with Gasteiger partial charge < -0.3 is 15.5 Å². The summed E-state index contributed by atoms with van der Waals surface area (Å²) in [6.07, 6.45) is -2.41. The van der Waals surface area contributed by atoms with Gasteiger partial charge >= 0.3 is 12.3 Å². The minimum Gasteiger partial charge on any atom is -0.444 e. The lowest BCUT2D eigenvalue weighted by molar-refractivity contribution is -0.137. The summed E-state index contributed by atoms with van der Waals surface area (Å²) >= 11 is 5.61. The maximum Gasteiger partial charge on any atom is 0.421 e. The molecule has 0 aliphatic rings. The highest BCUT2D eigenvalue weighted by molar-refractivity contribution is 6.28. The van der Waals surface area contributed by atoms with Crippen LogP contribution in [0.4, 0.5) is 29.5 Å². The van der Waals surface area contributed by atoms with Gasteiger partial charge in [-0.25, -0.2) is 9.78 Å². The number of rotatable bonds is 5. The monoisotopic (exact) mass is 441 g/mol. The van der Waals surface area contributed by atoms with Crippen LogP contribution in [0, 0.1) is 5.41 Å². The molecule has 0 radical (unpaired) electrons. The highest BCUT2D eigenvalue weighted by atomic mass is 35.5. The van der Waals surface area contributed by atoms with E-state index in [-0.39, 0.29) is 5.28 Å². The third-order valence-electron chi connectivity index (χ3n) is 3.45. The molecule has 0 atom stereocenters. The van der Waals surface area contributed by atoms with Gasteiger partial charge in [-0.1, -0.05) is 12.1 Å². The molecule has 7 nitrogen and oxygen atoms in total. The van der Waals surface area contributed by atoms with Gasteiger partial charge in [0.15, 0.2) is 0 Å². The van der Waals surface area contributed by atoms with Crippen molar-refractivity contribution in [1.82, 2.24) is 15.3 Å². The molecule has 0 saturated carbocycles. The first kappa shape index (κ1) is 23.1. The Bertz CT molecular complexity index is 954. The van der Waals surface area contributed by atoms with E-state index in [0.29, 0.717) is 23.0 Å². The van der Waals surface area contributed by atoms with Gasteiger partial charge in [0, 0.05) is 29.9 Å². The smallest absolute Gasteiger partial charge is 0.421 e. The average molecular weight is 442 g/mol. The van der Waals surface area contributed by atoms with E-state index in [2.05, 4.69) is 20.6 Å². The molecule has 0 saturated heterocycles. The maximum absolute atomic E-state index is 13.1. The molecule has 30 heavy (non-hydrogen) atoms. The molecule has 1 amide bonds. The van der Waals surface area contributed by atoms with Crippen molar-refractivity contribution >= 4 is 41.0 Å². The van der Waals surface area contributed by atoms with E-state index in [1.165, 1.54) is 18.3 Å². The zero-order valence-corrected chi connectivity index (χ0v) is 17.0. The summed E-state index contributed by atoms with van der Waals surface area (Å²) in [5, 5.41) is 12.2. The van der Waals surface area contributed by atoms with Crippen LogP contribution in [0.2, 0.25) is 5.28 Å². The molecular formula is C19H19ClF3N5O2. The Morgan fingerprint density at radius 3 is 2.37 bits per heavy atom. The Balaban J connectivity index is 2.18. The van der Waals surface area contributed by atoms with Gasteiger partial charge in [-0.2, -0.15) is 18.2 Å². The molecule has 1 aromatic carbocycles. The van der Waals surface area contributed by atoms with Gasteiger partial charge in [-0.3, -0.25) is 5.32 Å². The molecule has 2 rings (SSSR count). The van der Waals surface area contributed by atoms with E-state index in [0.717, 1.165) is 6.21 Å². The Kier molecular flexibility index (Phi) is 7.04. The number of halogens is 4. The second kappa shape index (κ2) is 9.12. The Labute approximate surface area is 175 Å². The number of nitrogens with one attached hydrogen (secondary N) is 3. The van der Waals surface area contributed by atoms with E-state index >= 15 is 0 Å². The number of benzene rings is 1. The quantitative estimate of drug-likeness (QED) is 0.425. The predicted octanol–water partition coefficient (Wildman–Crippen LogP) is 5.41. The van der Waals surface area contributed by atoms with Crippen LogP contribution in [0.3, 0.4) is 0 Å². The third kappa shape index (κ3) is 6.73. The van der Waals surface area contributed by atoms with Gasteiger partial charge in [0.1, 0.15) is 17.0 Å². The van der Waals surface area contributed by atoms with Crippen molar-refractivity contribution in [2.45, 2.75) is 32.5 Å². The molecule has 1 heterocycles. The number of ether oxygens (including phenoxy) is 1. The van der Waals surface area contributed by atoms with Crippen LogP contribution in [0.25, 0.3) is 5.57 Å². The first-order valence-corrected chi connectivity index (χ1v) is 8.94. The number of nitrogens with zero attached hydrogens (tertiary/aromatic N) is 2.